The van der Waals surface area contributed by atoms with E-state index in [-0.39, 0.29) is 11.9 Å². The Bertz CT molecular complexity index is 574. The van der Waals surface area contributed by atoms with Crippen molar-refractivity contribution >= 4 is 28.4 Å². The van der Waals surface area contributed by atoms with Crippen molar-refractivity contribution in [3.63, 3.8) is 0 Å². The molecule has 2 aromatic heterocycles. The number of carbonyl (C=O) groups is 1. The number of pyridine rings is 1. The summed E-state index contributed by atoms with van der Waals surface area (Å²) in [5.74, 6) is -0.102. The lowest BCUT2D eigenvalue weighted by Gasteiger charge is -2.09. The molecule has 0 saturated carbocycles. The highest BCUT2D eigenvalue weighted by Gasteiger charge is 2.15. The van der Waals surface area contributed by atoms with Crippen LogP contribution < -0.4 is 5.32 Å². The molecule has 4 nitrogen and oxygen atoms in total. The van der Waals surface area contributed by atoms with Crippen molar-refractivity contribution < 1.29 is 4.79 Å². The minimum atomic E-state index is -0.102. The highest BCUT2D eigenvalue weighted by Crippen LogP contribution is 2.24. The van der Waals surface area contributed by atoms with Gasteiger partial charge >= 0.3 is 0 Å². The number of nitrogens with zero attached hydrogens (tertiary/aromatic N) is 2. The molecule has 0 radical (unpaired) electrons. The quantitative estimate of drug-likeness (QED) is 0.833. The van der Waals surface area contributed by atoms with E-state index in [2.05, 4.69) is 10.3 Å². The number of carbonyl (C=O) groups excluding carboxylic acids is 1. The number of hydrogen-bond acceptors (Lipinski definition) is 2. The Hall–Kier alpha value is -1.55. The van der Waals surface area contributed by atoms with E-state index in [1.165, 1.54) is 0 Å². The van der Waals surface area contributed by atoms with Crippen molar-refractivity contribution in [2.45, 2.75) is 19.9 Å². The summed E-state index contributed by atoms with van der Waals surface area (Å²) in [6, 6.07) is 3.77. The third kappa shape index (κ3) is 2.13. The fraction of sp³-hybridized carbons (Fsp3) is 0.333. The molecule has 0 bridgehead atoms. The van der Waals surface area contributed by atoms with Gasteiger partial charge in [-0.3, -0.25) is 4.79 Å². The van der Waals surface area contributed by atoms with Crippen LogP contribution in [0, 0.1) is 0 Å². The van der Waals surface area contributed by atoms with Gasteiger partial charge in [-0.05, 0) is 26.0 Å². The van der Waals surface area contributed by atoms with Crippen molar-refractivity contribution in [2.75, 3.05) is 0 Å². The second-order valence-corrected chi connectivity index (χ2v) is 4.61. The maximum atomic E-state index is 12.0. The molecule has 90 valence electrons. The highest BCUT2D eigenvalue weighted by atomic mass is 35.5. The zero-order valence-electron chi connectivity index (χ0n) is 9.99. The third-order valence-corrected chi connectivity index (χ3v) is 2.83. The smallest absolute Gasteiger partial charge is 0.268 e. The summed E-state index contributed by atoms with van der Waals surface area (Å²) in [7, 11) is 1.81. The Kier molecular flexibility index (Phi) is 3.07. The van der Waals surface area contributed by atoms with Gasteiger partial charge in [0.2, 0.25) is 0 Å². The van der Waals surface area contributed by atoms with Crippen molar-refractivity contribution in [2.24, 2.45) is 7.05 Å². The monoisotopic (exact) mass is 251 g/mol. The van der Waals surface area contributed by atoms with Gasteiger partial charge in [-0.2, -0.15) is 0 Å². The van der Waals surface area contributed by atoms with Gasteiger partial charge in [0.05, 0.1) is 5.52 Å². The fourth-order valence-electron chi connectivity index (χ4n) is 1.81. The molecule has 2 heterocycles. The topological polar surface area (TPSA) is 46.9 Å². The van der Waals surface area contributed by atoms with Crippen LogP contribution in [0.3, 0.4) is 0 Å². The van der Waals surface area contributed by atoms with Crippen molar-refractivity contribution in [3.05, 3.63) is 29.2 Å². The fourth-order valence-corrected chi connectivity index (χ4v) is 2.10. The molecule has 1 amide bonds. The van der Waals surface area contributed by atoms with E-state index in [4.69, 9.17) is 11.6 Å². The van der Waals surface area contributed by atoms with Gasteiger partial charge in [-0.15, -0.1) is 0 Å². The van der Waals surface area contributed by atoms with Crippen molar-refractivity contribution in [1.82, 2.24) is 14.9 Å². The molecular weight excluding hydrogens is 238 g/mol. The number of hydrogen-bond donors (Lipinski definition) is 1. The van der Waals surface area contributed by atoms with Gasteiger partial charge < -0.3 is 9.88 Å². The zero-order valence-corrected chi connectivity index (χ0v) is 10.7. The van der Waals surface area contributed by atoms with Gasteiger partial charge in [0.25, 0.3) is 5.91 Å². The first-order valence-corrected chi connectivity index (χ1v) is 5.79. The molecule has 1 N–H and O–H groups in total. The molecular formula is C12H14ClN3O. The SMILES string of the molecule is CC(C)NC(=O)c1cc2ccnc(Cl)c2n1C. The van der Waals surface area contributed by atoms with Crippen LogP contribution in [0.5, 0.6) is 0 Å². The highest BCUT2D eigenvalue weighted by molar-refractivity contribution is 6.34. The van der Waals surface area contributed by atoms with E-state index < -0.39 is 0 Å². The summed E-state index contributed by atoms with van der Waals surface area (Å²) in [4.78, 5) is 16.0. The van der Waals surface area contributed by atoms with Crippen LogP contribution in [0.2, 0.25) is 5.15 Å². The second-order valence-electron chi connectivity index (χ2n) is 4.26. The largest absolute Gasteiger partial charge is 0.349 e. The Balaban J connectivity index is 2.53. The summed E-state index contributed by atoms with van der Waals surface area (Å²) in [5, 5.41) is 4.19. The molecule has 0 fully saturated rings. The van der Waals surface area contributed by atoms with Crippen LogP contribution in [0.25, 0.3) is 10.9 Å². The Labute approximate surface area is 105 Å². The minimum absolute atomic E-state index is 0.102. The van der Waals surface area contributed by atoms with E-state index in [0.29, 0.717) is 10.8 Å². The van der Waals surface area contributed by atoms with Crippen LogP contribution in [0.15, 0.2) is 18.3 Å². The maximum Gasteiger partial charge on any atom is 0.268 e. The third-order valence-electron chi connectivity index (χ3n) is 2.55. The lowest BCUT2D eigenvalue weighted by atomic mass is 10.3. The molecule has 0 aliphatic carbocycles. The molecule has 0 saturated heterocycles. The number of fused-ring (bicyclic) bond motifs is 1. The summed E-state index contributed by atoms with van der Waals surface area (Å²) < 4.78 is 1.77. The number of aromatic nitrogens is 2. The van der Waals surface area contributed by atoms with E-state index in [0.717, 1.165) is 10.9 Å². The predicted octanol–water partition coefficient (Wildman–Crippen LogP) is 2.36. The van der Waals surface area contributed by atoms with Gasteiger partial charge in [-0.1, -0.05) is 11.6 Å². The average Bonchev–Trinajstić information content (AvgIpc) is 2.56. The normalized spacial score (nSPS) is 11.1. The maximum absolute atomic E-state index is 12.0. The van der Waals surface area contributed by atoms with Crippen LogP contribution >= 0.6 is 11.6 Å². The molecule has 2 aromatic rings. The van der Waals surface area contributed by atoms with E-state index >= 15 is 0 Å². The summed E-state index contributed by atoms with van der Waals surface area (Å²) in [6.07, 6.45) is 1.63. The second kappa shape index (κ2) is 4.37. The lowest BCUT2D eigenvalue weighted by Crippen LogP contribution is -2.31. The summed E-state index contributed by atoms with van der Waals surface area (Å²) >= 11 is 6.02. The lowest BCUT2D eigenvalue weighted by molar-refractivity contribution is 0.0935. The molecule has 0 aliphatic rings. The first-order valence-electron chi connectivity index (χ1n) is 5.41. The predicted molar refractivity (Wildman–Crippen MR) is 68.3 cm³/mol. The molecule has 0 aromatic carbocycles. The Morgan fingerprint density at radius 3 is 2.82 bits per heavy atom. The van der Waals surface area contributed by atoms with Gasteiger partial charge in [-0.25, -0.2) is 4.98 Å². The molecule has 0 unspecified atom stereocenters. The van der Waals surface area contributed by atoms with Gasteiger partial charge in [0, 0.05) is 24.7 Å². The van der Waals surface area contributed by atoms with Crippen molar-refractivity contribution in [1.29, 1.82) is 0 Å². The Morgan fingerprint density at radius 2 is 2.24 bits per heavy atom. The number of amides is 1. The van der Waals surface area contributed by atoms with Gasteiger partial charge in [0.1, 0.15) is 5.69 Å². The van der Waals surface area contributed by atoms with E-state index in [9.17, 15) is 4.79 Å². The van der Waals surface area contributed by atoms with Crippen LogP contribution in [0.4, 0.5) is 0 Å². The molecule has 0 spiro atoms. The molecule has 5 heteroatoms. The minimum Gasteiger partial charge on any atom is -0.349 e. The van der Waals surface area contributed by atoms with Crippen molar-refractivity contribution in [3.8, 4) is 0 Å². The number of nitrogens with one attached hydrogen (secondary N) is 1. The number of aryl methyl sites for hydroxylation is 1. The standard InChI is InChI=1S/C12H14ClN3O/c1-7(2)15-12(17)9-6-8-4-5-14-11(13)10(8)16(9)3/h4-7H,1-3H3,(H,15,17). The average molecular weight is 252 g/mol. The van der Waals surface area contributed by atoms with Crippen LogP contribution in [-0.4, -0.2) is 21.5 Å². The molecule has 0 aliphatic heterocycles. The van der Waals surface area contributed by atoms with E-state index in [1.54, 1.807) is 10.8 Å². The molecule has 2 rings (SSSR count). The summed E-state index contributed by atoms with van der Waals surface area (Å²) in [6.45, 7) is 3.85. The van der Waals surface area contributed by atoms with Crippen LogP contribution in [0.1, 0.15) is 24.3 Å². The molecule has 17 heavy (non-hydrogen) atoms. The Morgan fingerprint density at radius 1 is 1.53 bits per heavy atom. The van der Waals surface area contributed by atoms with Crippen LogP contribution in [-0.2, 0) is 7.05 Å². The first kappa shape index (κ1) is 11.9. The molecule has 0 atom stereocenters. The first-order chi connectivity index (χ1) is 8.00. The number of rotatable bonds is 2. The number of halogens is 1. The summed E-state index contributed by atoms with van der Waals surface area (Å²) in [5.41, 5.74) is 1.37. The zero-order chi connectivity index (χ0) is 12.6. The van der Waals surface area contributed by atoms with Gasteiger partial charge in [0.15, 0.2) is 5.15 Å². The van der Waals surface area contributed by atoms with E-state index in [1.807, 2.05) is 33.0 Å².